The predicted octanol–water partition coefficient (Wildman–Crippen LogP) is 1.71. The minimum absolute atomic E-state index is 0.555. The number of rotatable bonds is 2. The summed E-state index contributed by atoms with van der Waals surface area (Å²) in [7, 11) is 0. The summed E-state index contributed by atoms with van der Waals surface area (Å²) in [5, 5.41) is 7.36. The second kappa shape index (κ2) is 3.77. The van der Waals surface area contributed by atoms with Crippen LogP contribution < -0.4 is 5.32 Å². The molecule has 3 rings (SSSR count). The SMILES string of the molecule is C1=C(c2nc(C3CCC3)no2)CNCC1. The van der Waals surface area contributed by atoms with E-state index in [2.05, 4.69) is 21.5 Å². The van der Waals surface area contributed by atoms with E-state index < -0.39 is 0 Å². The predicted molar refractivity (Wildman–Crippen MR) is 56.4 cm³/mol. The number of aromatic nitrogens is 2. The third-order valence-electron chi connectivity index (χ3n) is 3.21. The lowest BCUT2D eigenvalue weighted by molar-refractivity contribution is 0.358. The Hall–Kier alpha value is -1.16. The minimum atomic E-state index is 0.555. The Morgan fingerprint density at radius 1 is 1.40 bits per heavy atom. The summed E-state index contributed by atoms with van der Waals surface area (Å²) in [6.07, 6.45) is 6.98. The molecule has 1 aromatic heterocycles. The van der Waals surface area contributed by atoms with Crippen LogP contribution in [0, 0.1) is 0 Å². The largest absolute Gasteiger partial charge is 0.334 e. The van der Waals surface area contributed by atoms with Gasteiger partial charge in [0.25, 0.3) is 5.89 Å². The van der Waals surface area contributed by atoms with E-state index in [0.29, 0.717) is 11.8 Å². The summed E-state index contributed by atoms with van der Waals surface area (Å²) < 4.78 is 5.29. The molecule has 2 heterocycles. The number of hydrogen-bond acceptors (Lipinski definition) is 4. The second-order valence-electron chi connectivity index (χ2n) is 4.28. The molecule has 1 aliphatic carbocycles. The second-order valence-corrected chi connectivity index (χ2v) is 4.28. The standard InChI is InChI=1S/C11H15N3O/c1-3-8(4-1)10-13-11(15-14-10)9-5-2-6-12-7-9/h5,8,12H,1-4,6-7H2. The van der Waals surface area contributed by atoms with Crippen molar-refractivity contribution in [1.82, 2.24) is 15.5 Å². The Balaban J connectivity index is 1.79. The molecule has 0 unspecified atom stereocenters. The fourth-order valence-electron chi connectivity index (χ4n) is 2.00. The Labute approximate surface area is 88.7 Å². The van der Waals surface area contributed by atoms with Crippen LogP contribution in [0.4, 0.5) is 0 Å². The van der Waals surface area contributed by atoms with Crippen molar-refractivity contribution in [3.8, 4) is 0 Å². The monoisotopic (exact) mass is 205 g/mol. The van der Waals surface area contributed by atoms with Crippen molar-refractivity contribution in [2.45, 2.75) is 31.6 Å². The van der Waals surface area contributed by atoms with Crippen LogP contribution in [0.5, 0.6) is 0 Å². The topological polar surface area (TPSA) is 51.0 Å². The quantitative estimate of drug-likeness (QED) is 0.798. The molecular weight excluding hydrogens is 190 g/mol. The van der Waals surface area contributed by atoms with E-state index in [-0.39, 0.29) is 0 Å². The van der Waals surface area contributed by atoms with Gasteiger partial charge >= 0.3 is 0 Å². The van der Waals surface area contributed by atoms with Gasteiger partial charge in [0.05, 0.1) is 0 Å². The summed E-state index contributed by atoms with van der Waals surface area (Å²) in [6, 6.07) is 0. The normalized spacial score (nSPS) is 22.3. The number of nitrogens with one attached hydrogen (secondary N) is 1. The van der Waals surface area contributed by atoms with E-state index in [9.17, 15) is 0 Å². The highest BCUT2D eigenvalue weighted by molar-refractivity contribution is 5.60. The first-order valence-electron chi connectivity index (χ1n) is 5.67. The summed E-state index contributed by atoms with van der Waals surface area (Å²) in [4.78, 5) is 4.47. The van der Waals surface area contributed by atoms with E-state index in [0.717, 1.165) is 30.9 Å². The summed E-state index contributed by atoms with van der Waals surface area (Å²) in [5.41, 5.74) is 1.15. The minimum Gasteiger partial charge on any atom is -0.334 e. The fourth-order valence-corrected chi connectivity index (χ4v) is 2.00. The van der Waals surface area contributed by atoms with Crippen molar-refractivity contribution in [3.05, 3.63) is 17.8 Å². The first kappa shape index (κ1) is 9.09. The summed E-state index contributed by atoms with van der Waals surface area (Å²) in [6.45, 7) is 1.90. The van der Waals surface area contributed by atoms with Gasteiger partial charge in [-0.1, -0.05) is 17.7 Å². The van der Waals surface area contributed by atoms with Crippen molar-refractivity contribution < 1.29 is 4.52 Å². The molecule has 0 aromatic carbocycles. The average Bonchev–Trinajstić information content (AvgIpc) is 2.66. The first-order valence-corrected chi connectivity index (χ1v) is 5.67. The molecule has 1 N–H and O–H groups in total. The summed E-state index contributed by atoms with van der Waals surface area (Å²) >= 11 is 0. The molecule has 1 saturated carbocycles. The van der Waals surface area contributed by atoms with Crippen molar-refractivity contribution >= 4 is 5.57 Å². The van der Waals surface area contributed by atoms with E-state index >= 15 is 0 Å². The van der Waals surface area contributed by atoms with Gasteiger partial charge in [-0.3, -0.25) is 0 Å². The lowest BCUT2D eigenvalue weighted by atomic mass is 9.85. The third-order valence-corrected chi connectivity index (χ3v) is 3.21. The smallest absolute Gasteiger partial charge is 0.254 e. The number of hydrogen-bond donors (Lipinski definition) is 1. The van der Waals surface area contributed by atoms with Gasteiger partial charge in [0.1, 0.15) is 0 Å². The highest BCUT2D eigenvalue weighted by atomic mass is 16.5. The van der Waals surface area contributed by atoms with Gasteiger partial charge in [-0.15, -0.1) is 0 Å². The van der Waals surface area contributed by atoms with Crippen LogP contribution in [0.3, 0.4) is 0 Å². The molecule has 0 bridgehead atoms. The highest BCUT2D eigenvalue weighted by Gasteiger charge is 2.25. The van der Waals surface area contributed by atoms with Gasteiger partial charge in [0.2, 0.25) is 0 Å². The van der Waals surface area contributed by atoms with Crippen molar-refractivity contribution in [3.63, 3.8) is 0 Å². The molecule has 4 heteroatoms. The maximum Gasteiger partial charge on any atom is 0.254 e. The van der Waals surface area contributed by atoms with Gasteiger partial charge in [-0.25, -0.2) is 0 Å². The van der Waals surface area contributed by atoms with Crippen LogP contribution in [0.25, 0.3) is 5.57 Å². The Morgan fingerprint density at radius 3 is 3.00 bits per heavy atom. The van der Waals surface area contributed by atoms with Crippen molar-refractivity contribution in [1.29, 1.82) is 0 Å². The zero-order valence-corrected chi connectivity index (χ0v) is 8.70. The molecule has 1 aromatic rings. The fraction of sp³-hybridized carbons (Fsp3) is 0.636. The van der Waals surface area contributed by atoms with Crippen LogP contribution in [0.15, 0.2) is 10.6 Å². The molecule has 1 fully saturated rings. The maximum atomic E-state index is 5.29. The molecule has 80 valence electrons. The highest BCUT2D eigenvalue weighted by Crippen LogP contribution is 2.34. The van der Waals surface area contributed by atoms with E-state index in [1.54, 1.807) is 0 Å². The molecule has 0 saturated heterocycles. The van der Waals surface area contributed by atoms with Crippen molar-refractivity contribution in [2.75, 3.05) is 13.1 Å². The Bertz CT molecular complexity index is 379. The van der Waals surface area contributed by atoms with Crippen LogP contribution in [0.2, 0.25) is 0 Å². The van der Waals surface area contributed by atoms with Gasteiger partial charge < -0.3 is 9.84 Å². The molecule has 2 aliphatic rings. The molecular formula is C11H15N3O. The van der Waals surface area contributed by atoms with Crippen LogP contribution in [0.1, 0.15) is 43.3 Å². The van der Waals surface area contributed by atoms with Gasteiger partial charge in [0, 0.05) is 18.0 Å². The molecule has 0 amide bonds. The molecule has 0 atom stereocenters. The lowest BCUT2D eigenvalue weighted by Crippen LogP contribution is -2.21. The third kappa shape index (κ3) is 1.69. The maximum absolute atomic E-state index is 5.29. The summed E-state index contributed by atoms with van der Waals surface area (Å²) in [5.74, 6) is 2.17. The molecule has 0 radical (unpaired) electrons. The van der Waals surface area contributed by atoms with E-state index in [1.807, 2.05) is 0 Å². The Morgan fingerprint density at radius 2 is 2.33 bits per heavy atom. The van der Waals surface area contributed by atoms with Crippen LogP contribution in [-0.4, -0.2) is 23.2 Å². The van der Waals surface area contributed by atoms with E-state index in [1.165, 1.54) is 19.3 Å². The van der Waals surface area contributed by atoms with E-state index in [4.69, 9.17) is 4.52 Å². The lowest BCUT2D eigenvalue weighted by Gasteiger charge is -2.21. The number of nitrogens with zero attached hydrogens (tertiary/aromatic N) is 2. The zero-order valence-electron chi connectivity index (χ0n) is 8.70. The Kier molecular flexibility index (Phi) is 2.29. The molecule has 15 heavy (non-hydrogen) atoms. The molecule has 1 aliphatic heterocycles. The van der Waals surface area contributed by atoms with Gasteiger partial charge in [0.15, 0.2) is 5.82 Å². The van der Waals surface area contributed by atoms with Crippen LogP contribution >= 0.6 is 0 Å². The van der Waals surface area contributed by atoms with Crippen molar-refractivity contribution in [2.24, 2.45) is 0 Å². The molecule has 0 spiro atoms. The average molecular weight is 205 g/mol. The molecule has 4 nitrogen and oxygen atoms in total. The van der Waals surface area contributed by atoms with Crippen LogP contribution in [-0.2, 0) is 0 Å². The first-order chi connectivity index (χ1) is 7.43. The van der Waals surface area contributed by atoms with Gasteiger partial charge in [-0.05, 0) is 25.8 Å². The zero-order chi connectivity index (χ0) is 10.1. The van der Waals surface area contributed by atoms with Gasteiger partial charge in [-0.2, -0.15) is 4.98 Å².